The van der Waals surface area contributed by atoms with Crippen molar-refractivity contribution in [2.24, 2.45) is 0 Å². The Morgan fingerprint density at radius 3 is 2.94 bits per heavy atom. The molecule has 3 nitrogen and oxygen atoms in total. The van der Waals surface area contributed by atoms with E-state index in [2.05, 4.69) is 5.16 Å². The molecule has 2 aromatic rings. The number of hydrogen-bond donors (Lipinski definition) is 1. The molecule has 1 aromatic heterocycles. The quantitative estimate of drug-likeness (QED) is 0.862. The van der Waals surface area contributed by atoms with Crippen LogP contribution in [0.4, 0.5) is 4.39 Å². The van der Waals surface area contributed by atoms with Crippen molar-refractivity contribution in [3.63, 3.8) is 0 Å². The SMILES string of the molecule is OCCCc1cc(-c2cccc(F)c2)no1. The van der Waals surface area contributed by atoms with Crippen LogP contribution in [0.1, 0.15) is 12.2 Å². The van der Waals surface area contributed by atoms with Crippen LogP contribution < -0.4 is 0 Å². The minimum Gasteiger partial charge on any atom is -0.396 e. The average molecular weight is 221 g/mol. The molecular formula is C12H12FNO2. The van der Waals surface area contributed by atoms with E-state index in [1.807, 2.05) is 0 Å². The largest absolute Gasteiger partial charge is 0.396 e. The molecule has 0 aliphatic carbocycles. The second-order valence-electron chi connectivity index (χ2n) is 3.52. The Bertz CT molecular complexity index is 468. The molecule has 0 bridgehead atoms. The summed E-state index contributed by atoms with van der Waals surface area (Å²) in [6.45, 7) is 0.121. The second kappa shape index (κ2) is 4.90. The van der Waals surface area contributed by atoms with Crippen molar-refractivity contribution in [3.05, 3.63) is 41.9 Å². The van der Waals surface area contributed by atoms with E-state index in [9.17, 15) is 4.39 Å². The number of hydrogen-bond acceptors (Lipinski definition) is 3. The fraction of sp³-hybridized carbons (Fsp3) is 0.250. The first-order valence-corrected chi connectivity index (χ1v) is 5.12. The van der Waals surface area contributed by atoms with Crippen LogP contribution in [0.2, 0.25) is 0 Å². The van der Waals surface area contributed by atoms with Gasteiger partial charge in [0, 0.05) is 24.7 Å². The Hall–Kier alpha value is -1.68. The van der Waals surface area contributed by atoms with Gasteiger partial charge in [0.1, 0.15) is 17.3 Å². The second-order valence-corrected chi connectivity index (χ2v) is 3.52. The van der Waals surface area contributed by atoms with E-state index in [0.717, 1.165) is 0 Å². The Morgan fingerprint density at radius 1 is 1.31 bits per heavy atom. The minimum atomic E-state index is -0.294. The summed E-state index contributed by atoms with van der Waals surface area (Å²) in [5.41, 5.74) is 1.31. The first-order chi connectivity index (χ1) is 7.79. The standard InChI is InChI=1S/C12H12FNO2/c13-10-4-1-3-9(7-10)12-8-11(16-14-12)5-2-6-15/h1,3-4,7-8,15H,2,5-6H2. The highest BCUT2D eigenvalue weighted by Crippen LogP contribution is 2.20. The molecule has 0 fully saturated rings. The summed E-state index contributed by atoms with van der Waals surface area (Å²) in [5, 5.41) is 12.5. The zero-order valence-corrected chi connectivity index (χ0v) is 8.69. The van der Waals surface area contributed by atoms with Gasteiger partial charge in [0.2, 0.25) is 0 Å². The molecule has 1 aromatic carbocycles. The predicted octanol–water partition coefficient (Wildman–Crippen LogP) is 2.41. The van der Waals surface area contributed by atoms with Crippen molar-refractivity contribution < 1.29 is 14.0 Å². The topological polar surface area (TPSA) is 46.3 Å². The van der Waals surface area contributed by atoms with Crippen LogP contribution in [-0.4, -0.2) is 16.9 Å². The van der Waals surface area contributed by atoms with E-state index < -0.39 is 0 Å². The molecule has 0 atom stereocenters. The molecule has 0 unspecified atom stereocenters. The molecule has 0 saturated carbocycles. The van der Waals surface area contributed by atoms with Gasteiger partial charge in [-0.2, -0.15) is 0 Å². The lowest BCUT2D eigenvalue weighted by Crippen LogP contribution is -1.86. The van der Waals surface area contributed by atoms with E-state index in [4.69, 9.17) is 9.63 Å². The highest BCUT2D eigenvalue weighted by Gasteiger charge is 2.06. The number of aliphatic hydroxyl groups is 1. The van der Waals surface area contributed by atoms with Crippen LogP contribution >= 0.6 is 0 Å². The van der Waals surface area contributed by atoms with Crippen molar-refractivity contribution in [2.45, 2.75) is 12.8 Å². The highest BCUT2D eigenvalue weighted by molar-refractivity contribution is 5.58. The molecule has 0 saturated heterocycles. The van der Waals surface area contributed by atoms with Gasteiger partial charge in [0.05, 0.1) is 0 Å². The number of aromatic nitrogens is 1. The van der Waals surface area contributed by atoms with E-state index >= 15 is 0 Å². The minimum absolute atomic E-state index is 0.121. The number of benzene rings is 1. The van der Waals surface area contributed by atoms with Crippen molar-refractivity contribution in [1.82, 2.24) is 5.16 Å². The van der Waals surface area contributed by atoms with Gasteiger partial charge in [-0.3, -0.25) is 0 Å². The molecule has 2 rings (SSSR count). The molecule has 84 valence electrons. The van der Waals surface area contributed by atoms with Gasteiger partial charge in [0.15, 0.2) is 0 Å². The van der Waals surface area contributed by atoms with Crippen LogP contribution in [0, 0.1) is 5.82 Å². The molecule has 16 heavy (non-hydrogen) atoms. The Balaban J connectivity index is 2.18. The van der Waals surface area contributed by atoms with Crippen LogP contribution in [0.15, 0.2) is 34.9 Å². The fourth-order valence-electron chi connectivity index (χ4n) is 1.47. The van der Waals surface area contributed by atoms with Crippen molar-refractivity contribution >= 4 is 0 Å². The van der Waals surface area contributed by atoms with Crippen molar-refractivity contribution in [1.29, 1.82) is 0 Å². The van der Waals surface area contributed by atoms with E-state index in [-0.39, 0.29) is 12.4 Å². The number of rotatable bonds is 4. The zero-order valence-electron chi connectivity index (χ0n) is 8.69. The first kappa shape index (κ1) is 10.8. The predicted molar refractivity (Wildman–Crippen MR) is 57.3 cm³/mol. The van der Waals surface area contributed by atoms with Gasteiger partial charge in [0.25, 0.3) is 0 Å². The van der Waals surface area contributed by atoms with Gasteiger partial charge in [-0.05, 0) is 18.6 Å². The normalized spacial score (nSPS) is 10.6. The molecule has 0 aliphatic rings. The smallest absolute Gasteiger partial charge is 0.137 e. The maximum Gasteiger partial charge on any atom is 0.137 e. The van der Waals surface area contributed by atoms with Crippen LogP contribution in [0.3, 0.4) is 0 Å². The summed E-state index contributed by atoms with van der Waals surface area (Å²) >= 11 is 0. The summed E-state index contributed by atoms with van der Waals surface area (Å²) < 4.78 is 18.0. The molecule has 4 heteroatoms. The lowest BCUT2D eigenvalue weighted by molar-refractivity contribution is 0.280. The van der Waals surface area contributed by atoms with E-state index in [0.29, 0.717) is 29.9 Å². The summed E-state index contributed by atoms with van der Waals surface area (Å²) in [6, 6.07) is 7.97. The summed E-state index contributed by atoms with van der Waals surface area (Å²) in [4.78, 5) is 0. The van der Waals surface area contributed by atoms with Crippen molar-refractivity contribution in [3.8, 4) is 11.3 Å². The lowest BCUT2D eigenvalue weighted by Gasteiger charge is -1.93. The third kappa shape index (κ3) is 2.46. The molecule has 1 N–H and O–H groups in total. The zero-order chi connectivity index (χ0) is 11.4. The molecular weight excluding hydrogens is 209 g/mol. The summed E-state index contributed by atoms with van der Waals surface area (Å²) in [7, 11) is 0. The maximum absolute atomic E-state index is 13.0. The van der Waals surface area contributed by atoms with Crippen LogP contribution in [0.25, 0.3) is 11.3 Å². The molecule has 0 amide bonds. The van der Waals surface area contributed by atoms with Crippen molar-refractivity contribution in [2.75, 3.05) is 6.61 Å². The molecule has 0 spiro atoms. The molecule has 0 radical (unpaired) electrons. The van der Waals surface area contributed by atoms with Gasteiger partial charge in [-0.1, -0.05) is 17.3 Å². The van der Waals surface area contributed by atoms with E-state index in [1.165, 1.54) is 12.1 Å². The third-order valence-electron chi connectivity index (χ3n) is 2.26. The summed E-state index contributed by atoms with van der Waals surface area (Å²) in [6.07, 6.45) is 1.27. The maximum atomic E-state index is 13.0. The highest BCUT2D eigenvalue weighted by atomic mass is 19.1. The van der Waals surface area contributed by atoms with Crippen LogP contribution in [0.5, 0.6) is 0 Å². The Morgan fingerprint density at radius 2 is 2.19 bits per heavy atom. The van der Waals surface area contributed by atoms with E-state index in [1.54, 1.807) is 18.2 Å². The number of aliphatic hydroxyl groups excluding tert-OH is 1. The fourth-order valence-corrected chi connectivity index (χ4v) is 1.47. The average Bonchev–Trinajstić information content (AvgIpc) is 2.75. The van der Waals surface area contributed by atoms with Gasteiger partial charge in [-0.25, -0.2) is 4.39 Å². The monoisotopic (exact) mass is 221 g/mol. The Labute approximate surface area is 92.5 Å². The number of aryl methyl sites for hydroxylation is 1. The summed E-state index contributed by atoms with van der Waals surface area (Å²) in [5.74, 6) is 0.408. The lowest BCUT2D eigenvalue weighted by atomic mass is 10.1. The van der Waals surface area contributed by atoms with Gasteiger partial charge < -0.3 is 9.63 Å². The molecule has 1 heterocycles. The van der Waals surface area contributed by atoms with Gasteiger partial charge in [-0.15, -0.1) is 0 Å². The van der Waals surface area contributed by atoms with Gasteiger partial charge >= 0.3 is 0 Å². The third-order valence-corrected chi connectivity index (χ3v) is 2.26. The first-order valence-electron chi connectivity index (χ1n) is 5.12. The van der Waals surface area contributed by atoms with Crippen LogP contribution in [-0.2, 0) is 6.42 Å². The molecule has 0 aliphatic heterocycles. The number of nitrogens with zero attached hydrogens (tertiary/aromatic N) is 1. The number of halogens is 1. The Kier molecular flexibility index (Phi) is 3.31.